The first-order chi connectivity index (χ1) is 13.4. The van der Waals surface area contributed by atoms with Crippen LogP contribution in [0.5, 0.6) is 0 Å². The highest BCUT2D eigenvalue weighted by molar-refractivity contribution is 5.09. The summed E-state index contributed by atoms with van der Waals surface area (Å²) in [6.45, 7) is 11.8. The Morgan fingerprint density at radius 3 is 2.43 bits per heavy atom. The van der Waals surface area contributed by atoms with E-state index in [0.29, 0.717) is 16.4 Å². The van der Waals surface area contributed by atoms with Gasteiger partial charge in [0.1, 0.15) is 0 Å². The zero-order valence-electron chi connectivity index (χ0n) is 19.4. The first kappa shape index (κ1) is 19.9. The molecule has 0 bridgehead atoms. The van der Waals surface area contributed by atoms with Crippen LogP contribution in [0.1, 0.15) is 111 Å². The molecule has 0 aromatic carbocycles. The van der Waals surface area contributed by atoms with Crippen molar-refractivity contribution >= 4 is 0 Å². The zero-order valence-corrected chi connectivity index (χ0v) is 19.4. The molecule has 1 aliphatic heterocycles. The minimum absolute atomic E-state index is 0.508. The summed E-state index contributed by atoms with van der Waals surface area (Å²) >= 11 is 0. The zero-order chi connectivity index (χ0) is 19.6. The smallest absolute Gasteiger partial charge is 0.0278 e. The third kappa shape index (κ3) is 3.12. The minimum atomic E-state index is 0.508. The van der Waals surface area contributed by atoms with E-state index in [4.69, 9.17) is 0 Å². The third-order valence-electron chi connectivity index (χ3n) is 11.5. The van der Waals surface area contributed by atoms with Crippen molar-refractivity contribution in [2.75, 3.05) is 6.54 Å². The van der Waals surface area contributed by atoms with Gasteiger partial charge in [-0.05, 0) is 111 Å². The van der Waals surface area contributed by atoms with Crippen molar-refractivity contribution in [3.8, 4) is 0 Å². The molecule has 0 aromatic heterocycles. The average molecular weight is 386 g/mol. The van der Waals surface area contributed by atoms with E-state index in [1.54, 1.807) is 51.4 Å². The fourth-order valence-electron chi connectivity index (χ4n) is 9.61. The van der Waals surface area contributed by atoms with Gasteiger partial charge in [-0.15, -0.1) is 0 Å². The molecular weight excluding hydrogens is 338 g/mol. The summed E-state index contributed by atoms with van der Waals surface area (Å²) in [4.78, 5) is 0. The molecule has 0 amide bonds. The van der Waals surface area contributed by atoms with Gasteiger partial charge in [-0.25, -0.2) is 0 Å². The maximum atomic E-state index is 3.56. The second-order valence-corrected chi connectivity index (χ2v) is 12.9. The van der Waals surface area contributed by atoms with E-state index in [0.717, 1.165) is 35.5 Å². The molecule has 1 heterocycles. The quantitative estimate of drug-likeness (QED) is 0.496. The molecule has 0 spiro atoms. The molecular formula is C27H47N. The number of hydrogen-bond acceptors (Lipinski definition) is 1. The van der Waals surface area contributed by atoms with Crippen LogP contribution in [0, 0.1) is 46.3 Å². The number of hydrogen-bond donors (Lipinski definition) is 1. The van der Waals surface area contributed by atoms with E-state index >= 15 is 0 Å². The summed E-state index contributed by atoms with van der Waals surface area (Å²) in [5.74, 6) is 6.22. The van der Waals surface area contributed by atoms with Crippen LogP contribution in [0.3, 0.4) is 0 Å². The molecule has 28 heavy (non-hydrogen) atoms. The van der Waals surface area contributed by atoms with E-state index < -0.39 is 0 Å². The fraction of sp³-hybridized carbons (Fsp3) is 1.00. The van der Waals surface area contributed by atoms with Crippen LogP contribution in [0.4, 0.5) is 0 Å². The van der Waals surface area contributed by atoms with E-state index in [1.807, 2.05) is 0 Å². The molecule has 5 aliphatic rings. The number of fused-ring (bicyclic) bond motifs is 5. The summed E-state index contributed by atoms with van der Waals surface area (Å²) in [7, 11) is 0. The van der Waals surface area contributed by atoms with Gasteiger partial charge in [0, 0.05) is 12.1 Å². The van der Waals surface area contributed by atoms with Crippen LogP contribution in [0.2, 0.25) is 0 Å². The number of nitrogens with one attached hydrogen (secondary N) is 1. The van der Waals surface area contributed by atoms with Crippen LogP contribution in [0.15, 0.2) is 0 Å². The van der Waals surface area contributed by atoms with E-state index in [2.05, 4.69) is 33.0 Å². The maximum absolute atomic E-state index is 3.56. The van der Waals surface area contributed by atoms with Gasteiger partial charge < -0.3 is 5.32 Å². The van der Waals surface area contributed by atoms with Gasteiger partial charge in [-0.2, -0.15) is 0 Å². The Kier molecular flexibility index (Phi) is 4.97. The van der Waals surface area contributed by atoms with E-state index in [9.17, 15) is 0 Å². The molecule has 5 rings (SSSR count). The van der Waals surface area contributed by atoms with Gasteiger partial charge in [0.15, 0.2) is 0 Å². The lowest BCUT2D eigenvalue weighted by Crippen LogP contribution is -2.53. The third-order valence-corrected chi connectivity index (χ3v) is 11.5. The second-order valence-electron chi connectivity index (χ2n) is 12.9. The lowest BCUT2D eigenvalue weighted by molar-refractivity contribution is -0.114. The molecule has 160 valence electrons. The standard InChI is InChI=1S/C27H47N/c1-19(8-7-15-25(2)18-28-25)22-12-13-23-21-11-10-20-9-5-6-16-26(20,3)24(21)14-17-27(22,23)4/h19-24,28H,5-18H2,1-4H3/t19-,20?,21+,22-,23+,24+,25?,26+,27-/m1/s1. The second kappa shape index (κ2) is 7.00. The predicted molar refractivity (Wildman–Crippen MR) is 119 cm³/mol. The van der Waals surface area contributed by atoms with Crippen LogP contribution < -0.4 is 5.32 Å². The van der Waals surface area contributed by atoms with Crippen molar-refractivity contribution in [2.24, 2.45) is 46.3 Å². The summed E-state index contributed by atoms with van der Waals surface area (Å²) in [5, 5.41) is 3.56. The highest BCUT2D eigenvalue weighted by Gasteiger charge is 2.60. The van der Waals surface area contributed by atoms with Gasteiger partial charge in [-0.3, -0.25) is 0 Å². The van der Waals surface area contributed by atoms with Crippen LogP contribution >= 0.6 is 0 Å². The maximum Gasteiger partial charge on any atom is 0.0278 e. The van der Waals surface area contributed by atoms with Crippen molar-refractivity contribution in [1.82, 2.24) is 5.32 Å². The normalized spacial score (nSPS) is 53.8. The van der Waals surface area contributed by atoms with Gasteiger partial charge in [0.2, 0.25) is 0 Å². The Morgan fingerprint density at radius 1 is 0.857 bits per heavy atom. The van der Waals surface area contributed by atoms with Crippen molar-refractivity contribution in [1.29, 1.82) is 0 Å². The lowest BCUT2D eigenvalue weighted by Gasteiger charge is -2.61. The van der Waals surface area contributed by atoms with Crippen molar-refractivity contribution in [3.05, 3.63) is 0 Å². The van der Waals surface area contributed by atoms with Crippen molar-refractivity contribution < 1.29 is 0 Å². The molecule has 4 aliphatic carbocycles. The van der Waals surface area contributed by atoms with Crippen molar-refractivity contribution in [2.45, 2.75) is 117 Å². The largest absolute Gasteiger partial charge is 0.308 e. The van der Waals surface area contributed by atoms with Crippen LogP contribution in [-0.2, 0) is 0 Å². The fourth-order valence-corrected chi connectivity index (χ4v) is 9.61. The van der Waals surface area contributed by atoms with E-state index in [1.165, 1.54) is 38.6 Å². The first-order valence-corrected chi connectivity index (χ1v) is 13.1. The molecule has 0 radical (unpaired) electrons. The van der Waals surface area contributed by atoms with Gasteiger partial charge in [-0.1, -0.05) is 46.5 Å². The number of rotatable bonds is 5. The minimum Gasteiger partial charge on any atom is -0.308 e. The first-order valence-electron chi connectivity index (χ1n) is 13.1. The summed E-state index contributed by atoms with van der Waals surface area (Å²) < 4.78 is 0. The van der Waals surface area contributed by atoms with Gasteiger partial charge in [0.05, 0.1) is 0 Å². The molecule has 2 unspecified atom stereocenters. The SMILES string of the molecule is C[C@H](CCCC1(C)CN1)[C@H]1CC[C@H]2[C@@H]3CCC4CCCC[C@]4(C)[C@H]3CC[C@]12C. The van der Waals surface area contributed by atoms with Gasteiger partial charge >= 0.3 is 0 Å². The molecule has 9 atom stereocenters. The Labute approximate surface area is 175 Å². The summed E-state index contributed by atoms with van der Waals surface area (Å²) in [6, 6.07) is 0. The van der Waals surface area contributed by atoms with Crippen LogP contribution in [-0.4, -0.2) is 12.1 Å². The molecule has 4 saturated carbocycles. The lowest BCUT2D eigenvalue weighted by atomic mass is 9.44. The Balaban J connectivity index is 1.27. The highest BCUT2D eigenvalue weighted by Crippen LogP contribution is 2.68. The summed E-state index contributed by atoms with van der Waals surface area (Å²) in [6.07, 6.45) is 19.8. The van der Waals surface area contributed by atoms with Gasteiger partial charge in [0.25, 0.3) is 0 Å². The molecule has 0 aromatic rings. The molecule has 5 fully saturated rings. The monoisotopic (exact) mass is 385 g/mol. The molecule has 1 nitrogen and oxygen atoms in total. The van der Waals surface area contributed by atoms with Crippen molar-refractivity contribution in [3.63, 3.8) is 0 Å². The predicted octanol–water partition coefficient (Wildman–Crippen LogP) is 7.20. The highest BCUT2D eigenvalue weighted by atomic mass is 15.1. The Morgan fingerprint density at radius 2 is 1.64 bits per heavy atom. The molecule has 1 heteroatoms. The molecule has 1 N–H and O–H groups in total. The molecule has 1 saturated heterocycles. The topological polar surface area (TPSA) is 21.9 Å². The summed E-state index contributed by atoms with van der Waals surface area (Å²) in [5.41, 5.74) is 1.88. The Bertz CT molecular complexity index is 579. The Hall–Kier alpha value is -0.0400. The van der Waals surface area contributed by atoms with E-state index in [-0.39, 0.29) is 0 Å². The van der Waals surface area contributed by atoms with Crippen LogP contribution in [0.25, 0.3) is 0 Å². The average Bonchev–Trinajstić information content (AvgIpc) is 3.28.